The molecule has 0 bridgehead atoms. The number of aromatic nitrogens is 4. The molecule has 23 heavy (non-hydrogen) atoms. The first kappa shape index (κ1) is 15.5. The van der Waals surface area contributed by atoms with Gasteiger partial charge in [-0.05, 0) is 30.2 Å². The van der Waals surface area contributed by atoms with E-state index in [1.165, 1.54) is 11.1 Å². The average molecular weight is 322 g/mol. The van der Waals surface area contributed by atoms with E-state index < -0.39 is 0 Å². The van der Waals surface area contributed by atoms with Gasteiger partial charge in [0.2, 0.25) is 0 Å². The van der Waals surface area contributed by atoms with E-state index in [-0.39, 0.29) is 0 Å². The third-order valence-corrected chi connectivity index (χ3v) is 4.60. The van der Waals surface area contributed by atoms with E-state index in [0.717, 1.165) is 22.3 Å². The fourth-order valence-electron chi connectivity index (χ4n) is 2.32. The lowest BCUT2D eigenvalue weighted by atomic mass is 10.1. The Balaban J connectivity index is 1.86. The fraction of sp³-hybridized carbons (Fsp3) is 0.167. The van der Waals surface area contributed by atoms with Gasteiger partial charge < -0.3 is 0 Å². The molecular weight excluding hydrogens is 304 g/mol. The molecule has 2 heterocycles. The van der Waals surface area contributed by atoms with E-state index in [0.29, 0.717) is 6.54 Å². The van der Waals surface area contributed by atoms with Gasteiger partial charge >= 0.3 is 0 Å². The predicted octanol–water partition coefficient (Wildman–Crippen LogP) is 4.13. The Morgan fingerprint density at radius 3 is 2.65 bits per heavy atom. The Labute approximate surface area is 140 Å². The molecule has 4 nitrogen and oxygen atoms in total. The Hall–Kier alpha value is -2.40. The van der Waals surface area contributed by atoms with E-state index in [9.17, 15) is 0 Å². The Morgan fingerprint density at radius 1 is 1.13 bits per heavy atom. The van der Waals surface area contributed by atoms with Gasteiger partial charge in [-0.1, -0.05) is 42.1 Å². The standard InChI is InChI=1S/C18H18N4S/c1-3-12-22-17(15-8-10-19-11-9-15)20-21-18(22)23-13-16-7-5-4-6-14(16)2/h3-11H,1,12-13H2,2H3. The van der Waals surface area contributed by atoms with E-state index in [1.54, 1.807) is 24.2 Å². The minimum atomic E-state index is 0.681. The van der Waals surface area contributed by atoms with Crippen LogP contribution in [0.2, 0.25) is 0 Å². The van der Waals surface area contributed by atoms with Crippen molar-refractivity contribution in [2.24, 2.45) is 0 Å². The number of nitrogens with zero attached hydrogens (tertiary/aromatic N) is 4. The molecular formula is C18H18N4S. The molecule has 0 atom stereocenters. The lowest BCUT2D eigenvalue weighted by molar-refractivity contribution is 0.731. The quantitative estimate of drug-likeness (QED) is 0.505. The third kappa shape index (κ3) is 3.51. The van der Waals surface area contributed by atoms with Crippen molar-refractivity contribution in [1.82, 2.24) is 19.7 Å². The SMILES string of the molecule is C=CCn1c(SCc2ccccc2C)nnc1-c1ccncc1. The van der Waals surface area contributed by atoms with Crippen molar-refractivity contribution in [2.75, 3.05) is 0 Å². The molecule has 0 spiro atoms. The summed E-state index contributed by atoms with van der Waals surface area (Å²) in [6, 6.07) is 12.3. The highest BCUT2D eigenvalue weighted by molar-refractivity contribution is 7.98. The summed E-state index contributed by atoms with van der Waals surface area (Å²) in [5.74, 6) is 1.72. The molecule has 3 rings (SSSR count). The second kappa shape index (κ2) is 7.24. The maximum atomic E-state index is 4.36. The molecule has 0 aliphatic rings. The average Bonchev–Trinajstić information content (AvgIpc) is 2.98. The van der Waals surface area contributed by atoms with E-state index in [2.05, 4.69) is 57.5 Å². The van der Waals surface area contributed by atoms with Crippen LogP contribution in [0.25, 0.3) is 11.4 Å². The topological polar surface area (TPSA) is 43.6 Å². The second-order valence-electron chi connectivity index (χ2n) is 5.16. The van der Waals surface area contributed by atoms with Gasteiger partial charge in [-0.2, -0.15) is 0 Å². The first-order valence-electron chi connectivity index (χ1n) is 7.41. The van der Waals surface area contributed by atoms with E-state index in [1.807, 2.05) is 18.2 Å². The van der Waals surface area contributed by atoms with Crippen LogP contribution in [0.15, 0.2) is 66.6 Å². The van der Waals surface area contributed by atoms with Crippen molar-refractivity contribution in [2.45, 2.75) is 24.4 Å². The van der Waals surface area contributed by atoms with Crippen LogP contribution < -0.4 is 0 Å². The zero-order chi connectivity index (χ0) is 16.1. The van der Waals surface area contributed by atoms with Gasteiger partial charge in [0.25, 0.3) is 0 Å². The minimum absolute atomic E-state index is 0.681. The van der Waals surface area contributed by atoms with Crippen LogP contribution in [-0.4, -0.2) is 19.7 Å². The van der Waals surface area contributed by atoms with Gasteiger partial charge in [0.15, 0.2) is 11.0 Å². The largest absolute Gasteiger partial charge is 0.298 e. The van der Waals surface area contributed by atoms with Crippen molar-refractivity contribution >= 4 is 11.8 Å². The minimum Gasteiger partial charge on any atom is -0.298 e. The molecule has 0 fully saturated rings. The van der Waals surface area contributed by atoms with E-state index in [4.69, 9.17) is 0 Å². The number of benzene rings is 1. The second-order valence-corrected chi connectivity index (χ2v) is 6.10. The summed E-state index contributed by atoms with van der Waals surface area (Å²) in [7, 11) is 0. The summed E-state index contributed by atoms with van der Waals surface area (Å²) >= 11 is 1.70. The highest BCUT2D eigenvalue weighted by Gasteiger charge is 2.13. The lowest BCUT2D eigenvalue weighted by Crippen LogP contribution is -2.01. The highest BCUT2D eigenvalue weighted by Crippen LogP contribution is 2.27. The number of hydrogen-bond acceptors (Lipinski definition) is 4. The lowest BCUT2D eigenvalue weighted by Gasteiger charge is -2.08. The molecule has 0 aliphatic carbocycles. The highest BCUT2D eigenvalue weighted by atomic mass is 32.2. The van der Waals surface area contributed by atoms with E-state index >= 15 is 0 Å². The van der Waals surface area contributed by atoms with Gasteiger partial charge in [-0.25, -0.2) is 0 Å². The molecule has 5 heteroatoms. The maximum Gasteiger partial charge on any atom is 0.192 e. The molecule has 0 N–H and O–H groups in total. The Morgan fingerprint density at radius 2 is 1.91 bits per heavy atom. The number of thioether (sulfide) groups is 1. The number of aryl methyl sites for hydroxylation is 1. The number of rotatable bonds is 6. The zero-order valence-corrected chi connectivity index (χ0v) is 13.8. The molecule has 1 aromatic carbocycles. The fourth-order valence-corrected chi connectivity index (χ4v) is 3.34. The molecule has 3 aromatic rings. The molecule has 0 amide bonds. The van der Waals surface area contributed by atoms with Crippen molar-refractivity contribution in [3.63, 3.8) is 0 Å². The van der Waals surface area contributed by atoms with Crippen LogP contribution in [0, 0.1) is 6.92 Å². The normalized spacial score (nSPS) is 10.7. The van der Waals surface area contributed by atoms with Crippen LogP contribution in [0.3, 0.4) is 0 Å². The number of hydrogen-bond donors (Lipinski definition) is 0. The zero-order valence-electron chi connectivity index (χ0n) is 13.0. The summed E-state index contributed by atoms with van der Waals surface area (Å²) in [6.45, 7) is 6.66. The van der Waals surface area contributed by atoms with Crippen LogP contribution in [0.4, 0.5) is 0 Å². The summed E-state index contributed by atoms with van der Waals surface area (Å²) in [6.07, 6.45) is 5.40. The van der Waals surface area contributed by atoms with Crippen molar-refractivity contribution < 1.29 is 0 Å². The van der Waals surface area contributed by atoms with Crippen molar-refractivity contribution in [3.05, 3.63) is 72.6 Å². The molecule has 0 unspecified atom stereocenters. The molecule has 0 aliphatic heterocycles. The summed E-state index contributed by atoms with van der Waals surface area (Å²) in [4.78, 5) is 4.06. The summed E-state index contributed by atoms with van der Waals surface area (Å²) in [5.41, 5.74) is 3.62. The molecule has 0 saturated heterocycles. The molecule has 116 valence electrons. The van der Waals surface area contributed by atoms with Crippen LogP contribution in [-0.2, 0) is 12.3 Å². The van der Waals surface area contributed by atoms with Gasteiger partial charge in [-0.3, -0.25) is 9.55 Å². The summed E-state index contributed by atoms with van der Waals surface area (Å²) < 4.78 is 2.09. The van der Waals surface area contributed by atoms with Gasteiger partial charge in [0.05, 0.1) is 0 Å². The van der Waals surface area contributed by atoms with Crippen LogP contribution in [0.5, 0.6) is 0 Å². The van der Waals surface area contributed by atoms with Gasteiger partial charge in [-0.15, -0.1) is 16.8 Å². The van der Waals surface area contributed by atoms with Crippen molar-refractivity contribution in [1.29, 1.82) is 0 Å². The first-order valence-corrected chi connectivity index (χ1v) is 8.40. The summed E-state index contributed by atoms with van der Waals surface area (Å²) in [5, 5.41) is 9.62. The van der Waals surface area contributed by atoms with Crippen molar-refractivity contribution in [3.8, 4) is 11.4 Å². The van der Waals surface area contributed by atoms with Crippen LogP contribution >= 0.6 is 11.8 Å². The van der Waals surface area contributed by atoms with Gasteiger partial charge in [0, 0.05) is 30.3 Å². The van der Waals surface area contributed by atoms with Crippen LogP contribution in [0.1, 0.15) is 11.1 Å². The molecule has 0 radical (unpaired) electrons. The number of pyridine rings is 1. The first-order chi connectivity index (χ1) is 11.3. The van der Waals surface area contributed by atoms with Gasteiger partial charge in [0.1, 0.15) is 0 Å². The molecule has 2 aromatic heterocycles. The monoisotopic (exact) mass is 322 g/mol. The Kier molecular flexibility index (Phi) is 4.88. The Bertz CT molecular complexity index is 796. The number of allylic oxidation sites excluding steroid dienone is 1. The maximum absolute atomic E-state index is 4.36. The smallest absolute Gasteiger partial charge is 0.192 e. The molecule has 0 saturated carbocycles. The third-order valence-electron chi connectivity index (χ3n) is 3.59. The predicted molar refractivity (Wildman–Crippen MR) is 94.2 cm³/mol.